The molecule has 6 nitrogen and oxygen atoms in total. The highest BCUT2D eigenvalue weighted by atomic mass is 35.5. The van der Waals surface area contributed by atoms with Gasteiger partial charge in [0.25, 0.3) is 0 Å². The maximum atomic E-state index is 10.3. The molecule has 0 bridgehead atoms. The summed E-state index contributed by atoms with van der Waals surface area (Å²) in [5.41, 5.74) is 0. The maximum absolute atomic E-state index is 10.3. The van der Waals surface area contributed by atoms with Gasteiger partial charge >= 0.3 is 0 Å². The molecule has 1 aromatic heterocycles. The fourth-order valence-corrected chi connectivity index (χ4v) is 3.24. The second-order valence-electron chi connectivity index (χ2n) is 2.97. The Kier molecular flexibility index (Phi) is 3.62. The number of nitro groups is 1. The van der Waals surface area contributed by atoms with Gasteiger partial charge in [-0.2, -0.15) is 0 Å². The average Bonchev–Trinajstić information content (AvgIpc) is 2.77. The molecule has 1 aliphatic heterocycles. The predicted molar refractivity (Wildman–Crippen MR) is 64.4 cm³/mol. The molecule has 0 amide bonds. The lowest BCUT2D eigenvalue weighted by molar-refractivity contribution is -0.485. The summed E-state index contributed by atoms with van der Waals surface area (Å²) in [5.74, 6) is 0.819. The molecule has 2 rings (SSSR count). The molecule has 0 atom stereocenters. The van der Waals surface area contributed by atoms with Gasteiger partial charge in [-0.3, -0.25) is 0 Å². The van der Waals surface area contributed by atoms with Crippen LogP contribution < -0.4 is 0 Å². The molecule has 1 fully saturated rings. The highest BCUT2D eigenvalue weighted by Gasteiger charge is 2.23. The summed E-state index contributed by atoms with van der Waals surface area (Å²) in [6, 6.07) is 0. The Morgan fingerprint density at radius 1 is 1.75 bits per heavy atom. The smallest absolute Gasteiger partial charge is 0.238 e. The van der Waals surface area contributed by atoms with Crippen LogP contribution in [0.1, 0.15) is 4.88 Å². The Morgan fingerprint density at radius 3 is 3.19 bits per heavy atom. The van der Waals surface area contributed by atoms with E-state index >= 15 is 0 Å². The third kappa shape index (κ3) is 2.83. The van der Waals surface area contributed by atoms with E-state index in [0.29, 0.717) is 16.2 Å². The molecule has 16 heavy (non-hydrogen) atoms. The fraction of sp³-hybridized carbons (Fsp3) is 0.429. The first-order valence-corrected chi connectivity index (χ1v) is 6.54. The van der Waals surface area contributed by atoms with E-state index in [0.717, 1.165) is 17.2 Å². The van der Waals surface area contributed by atoms with Crippen molar-refractivity contribution in [2.24, 2.45) is 5.10 Å². The number of aromatic nitrogens is 1. The van der Waals surface area contributed by atoms with Crippen LogP contribution in [0, 0.1) is 10.1 Å². The van der Waals surface area contributed by atoms with E-state index in [4.69, 9.17) is 11.6 Å². The Morgan fingerprint density at radius 2 is 2.56 bits per heavy atom. The number of rotatable bonds is 3. The molecule has 86 valence electrons. The van der Waals surface area contributed by atoms with E-state index in [1.165, 1.54) is 23.1 Å². The minimum Gasteiger partial charge on any atom is -0.340 e. The van der Waals surface area contributed by atoms with Crippen LogP contribution in [0.25, 0.3) is 0 Å². The second kappa shape index (κ2) is 4.98. The van der Waals surface area contributed by atoms with Gasteiger partial charge in [0, 0.05) is 23.4 Å². The molecule has 9 heteroatoms. The van der Waals surface area contributed by atoms with Crippen molar-refractivity contribution in [3.63, 3.8) is 0 Å². The molecule has 1 aromatic rings. The standard InChI is InChI=1S/C7H7ClN4O2S2/c8-6-9-3-5(16-6)4-11-1-2-15-7(11)10-12(13)14/h3H,1-2,4H2/b10-7-. The molecule has 0 aliphatic carbocycles. The van der Waals surface area contributed by atoms with Crippen LogP contribution in [0.4, 0.5) is 0 Å². The predicted octanol–water partition coefficient (Wildman–Crippen LogP) is 1.89. The average molecular weight is 279 g/mol. The molecule has 0 saturated carbocycles. The van der Waals surface area contributed by atoms with Crippen LogP contribution in [-0.4, -0.2) is 32.4 Å². The quantitative estimate of drug-likeness (QED) is 0.624. The van der Waals surface area contributed by atoms with E-state index in [1.807, 2.05) is 4.90 Å². The summed E-state index contributed by atoms with van der Waals surface area (Å²) in [7, 11) is 0. The molecular weight excluding hydrogens is 272 g/mol. The summed E-state index contributed by atoms with van der Waals surface area (Å²) in [4.78, 5) is 17.1. The zero-order valence-electron chi connectivity index (χ0n) is 8.00. The number of halogens is 1. The molecule has 0 N–H and O–H groups in total. The highest BCUT2D eigenvalue weighted by Crippen LogP contribution is 2.24. The summed E-state index contributed by atoms with van der Waals surface area (Å²) < 4.78 is 0.481. The molecule has 1 aliphatic rings. The first-order chi connectivity index (χ1) is 7.65. The molecule has 0 spiro atoms. The van der Waals surface area contributed by atoms with Crippen molar-refractivity contribution in [3.05, 3.63) is 25.7 Å². The van der Waals surface area contributed by atoms with E-state index in [-0.39, 0.29) is 0 Å². The summed E-state index contributed by atoms with van der Waals surface area (Å²) in [6.45, 7) is 1.33. The summed E-state index contributed by atoms with van der Waals surface area (Å²) >= 11 is 8.48. The second-order valence-corrected chi connectivity index (χ2v) is 5.73. The van der Waals surface area contributed by atoms with Gasteiger partial charge in [0.15, 0.2) is 9.50 Å². The summed E-state index contributed by atoms with van der Waals surface area (Å²) in [5, 5.41) is 13.4. The molecule has 1 saturated heterocycles. The topological polar surface area (TPSA) is 71.6 Å². The van der Waals surface area contributed by atoms with Gasteiger partial charge in [0.05, 0.1) is 11.6 Å². The van der Waals surface area contributed by atoms with E-state index in [9.17, 15) is 10.1 Å². The van der Waals surface area contributed by atoms with Gasteiger partial charge in [-0.15, -0.1) is 11.3 Å². The molecule has 0 unspecified atom stereocenters. The molecule has 2 heterocycles. The van der Waals surface area contributed by atoms with Gasteiger partial charge < -0.3 is 4.90 Å². The number of thioether (sulfide) groups is 1. The van der Waals surface area contributed by atoms with Crippen LogP contribution in [-0.2, 0) is 6.54 Å². The SMILES string of the molecule is O=[N+]([O-])/N=C1\SCCN1Cc1cnc(Cl)s1. The zero-order chi connectivity index (χ0) is 11.5. The molecular formula is C7H7ClN4O2S2. The molecule has 0 aromatic carbocycles. The number of thiazole rings is 1. The first kappa shape index (κ1) is 11.6. The monoisotopic (exact) mass is 278 g/mol. The van der Waals surface area contributed by atoms with E-state index in [1.54, 1.807) is 6.20 Å². The van der Waals surface area contributed by atoms with Gasteiger partial charge in [-0.1, -0.05) is 23.4 Å². The number of nitrogens with zero attached hydrogens (tertiary/aromatic N) is 4. The Labute approximate surface area is 104 Å². The lowest BCUT2D eigenvalue weighted by Crippen LogP contribution is -2.24. The van der Waals surface area contributed by atoms with Crippen LogP contribution >= 0.6 is 34.7 Å². The third-order valence-corrected chi connectivity index (χ3v) is 3.99. The van der Waals surface area contributed by atoms with Crippen molar-refractivity contribution < 1.29 is 5.03 Å². The Balaban J connectivity index is 2.06. The van der Waals surface area contributed by atoms with Crippen molar-refractivity contribution in [3.8, 4) is 0 Å². The van der Waals surface area contributed by atoms with Gasteiger partial charge in [0.1, 0.15) is 0 Å². The number of hydrazone groups is 1. The lowest BCUT2D eigenvalue weighted by Gasteiger charge is -2.13. The number of hydrogen-bond acceptors (Lipinski definition) is 5. The largest absolute Gasteiger partial charge is 0.340 e. The van der Waals surface area contributed by atoms with Gasteiger partial charge in [-0.05, 0) is 0 Å². The van der Waals surface area contributed by atoms with Crippen molar-refractivity contribution in [1.29, 1.82) is 0 Å². The number of hydrogen-bond donors (Lipinski definition) is 0. The normalized spacial score (nSPS) is 18.3. The van der Waals surface area contributed by atoms with Crippen molar-refractivity contribution >= 4 is 39.9 Å². The van der Waals surface area contributed by atoms with Gasteiger partial charge in [0.2, 0.25) is 5.17 Å². The Bertz CT molecular complexity index is 436. The van der Waals surface area contributed by atoms with E-state index in [2.05, 4.69) is 10.1 Å². The Hall–Kier alpha value is -0.860. The maximum Gasteiger partial charge on any atom is 0.238 e. The highest BCUT2D eigenvalue weighted by molar-refractivity contribution is 8.14. The van der Waals surface area contributed by atoms with Crippen molar-refractivity contribution in [1.82, 2.24) is 9.88 Å². The zero-order valence-corrected chi connectivity index (χ0v) is 10.4. The minimum atomic E-state index is -0.666. The molecule has 0 radical (unpaired) electrons. The van der Waals surface area contributed by atoms with Crippen LogP contribution in [0.2, 0.25) is 4.47 Å². The first-order valence-electron chi connectivity index (χ1n) is 4.36. The minimum absolute atomic E-state index is 0.453. The van der Waals surface area contributed by atoms with Gasteiger partial charge in [-0.25, -0.2) is 15.1 Å². The van der Waals surface area contributed by atoms with E-state index < -0.39 is 5.03 Å². The lowest BCUT2D eigenvalue weighted by atomic mass is 10.5. The van der Waals surface area contributed by atoms with Crippen molar-refractivity contribution in [2.45, 2.75) is 6.54 Å². The van der Waals surface area contributed by atoms with Crippen LogP contribution in [0.5, 0.6) is 0 Å². The summed E-state index contributed by atoms with van der Waals surface area (Å²) in [6.07, 6.45) is 1.68. The fourth-order valence-electron chi connectivity index (χ4n) is 1.29. The van der Waals surface area contributed by atoms with Crippen LogP contribution in [0.3, 0.4) is 0 Å². The number of amidine groups is 1. The van der Waals surface area contributed by atoms with Crippen molar-refractivity contribution in [2.75, 3.05) is 12.3 Å². The van der Waals surface area contributed by atoms with Crippen LogP contribution in [0.15, 0.2) is 11.3 Å². The third-order valence-electron chi connectivity index (χ3n) is 1.90.